The Bertz CT molecular complexity index is 1040. The maximum Gasteiger partial charge on any atom is 0.417 e. The van der Waals surface area contributed by atoms with E-state index < -0.39 is 11.7 Å². The van der Waals surface area contributed by atoms with E-state index in [1.807, 2.05) is 4.90 Å². The van der Waals surface area contributed by atoms with Crippen LogP contribution in [-0.4, -0.2) is 61.3 Å². The minimum absolute atomic E-state index is 0.0167. The van der Waals surface area contributed by atoms with E-state index in [2.05, 4.69) is 4.98 Å². The van der Waals surface area contributed by atoms with Crippen molar-refractivity contribution >= 4 is 17.3 Å². The Hall–Kier alpha value is -3.01. The number of carbonyl (C=O) groups excluding carboxylic acids is 1. The molecule has 3 aliphatic rings. The second kappa shape index (κ2) is 9.32. The number of hydrogen-bond acceptors (Lipinski definition) is 6. The standard InChI is InChI=1S/C24H26F3N3O4/c25-24(26,27)17-11-18(14-28-13-17)30-7-10-33-22-2-1-19(12-21(22)30)34-20-3-6-29(15-20)23(31)16-4-8-32-9-5-16/h1-2,11-14,16,20H,3-10,15H2/t20-/m0/s1. The molecule has 0 radical (unpaired) electrons. The Balaban J connectivity index is 1.30. The molecule has 182 valence electrons. The first-order valence-corrected chi connectivity index (χ1v) is 11.5. The van der Waals surface area contributed by atoms with Gasteiger partial charge >= 0.3 is 6.18 Å². The van der Waals surface area contributed by atoms with Crippen LogP contribution in [0.25, 0.3) is 0 Å². The molecule has 0 bridgehead atoms. The van der Waals surface area contributed by atoms with Crippen LogP contribution in [0, 0.1) is 5.92 Å². The zero-order chi connectivity index (χ0) is 23.7. The van der Waals surface area contributed by atoms with Crippen LogP contribution < -0.4 is 14.4 Å². The number of aromatic nitrogens is 1. The van der Waals surface area contributed by atoms with Crippen LogP contribution in [0.3, 0.4) is 0 Å². The van der Waals surface area contributed by atoms with Gasteiger partial charge in [-0.2, -0.15) is 13.2 Å². The van der Waals surface area contributed by atoms with Gasteiger partial charge < -0.3 is 24.0 Å². The molecule has 2 saturated heterocycles. The smallest absolute Gasteiger partial charge is 0.417 e. The number of amides is 1. The molecule has 1 aromatic heterocycles. The number of hydrogen-bond donors (Lipinski definition) is 0. The molecule has 3 aliphatic heterocycles. The second-order valence-electron chi connectivity index (χ2n) is 8.76. The van der Waals surface area contributed by atoms with Crippen molar-refractivity contribution in [2.75, 3.05) is 44.4 Å². The fourth-order valence-electron chi connectivity index (χ4n) is 4.69. The Morgan fingerprint density at radius 3 is 2.68 bits per heavy atom. The van der Waals surface area contributed by atoms with Crippen LogP contribution in [0.5, 0.6) is 11.5 Å². The number of rotatable bonds is 4. The van der Waals surface area contributed by atoms with Crippen LogP contribution >= 0.6 is 0 Å². The number of alkyl halides is 3. The van der Waals surface area contributed by atoms with Crippen molar-refractivity contribution in [2.45, 2.75) is 31.5 Å². The highest BCUT2D eigenvalue weighted by atomic mass is 19.4. The van der Waals surface area contributed by atoms with Gasteiger partial charge in [0.05, 0.1) is 36.2 Å². The molecule has 0 N–H and O–H groups in total. The largest absolute Gasteiger partial charge is 0.490 e. The lowest BCUT2D eigenvalue weighted by Crippen LogP contribution is -2.38. The molecule has 0 saturated carbocycles. The molecule has 1 atom stereocenters. The van der Waals surface area contributed by atoms with Gasteiger partial charge in [-0.1, -0.05) is 0 Å². The molecule has 1 aromatic carbocycles. The maximum atomic E-state index is 13.2. The lowest BCUT2D eigenvalue weighted by Gasteiger charge is -2.32. The maximum absolute atomic E-state index is 13.2. The van der Waals surface area contributed by atoms with E-state index in [1.165, 1.54) is 6.20 Å². The van der Waals surface area contributed by atoms with Crippen LogP contribution in [0.4, 0.5) is 24.5 Å². The van der Waals surface area contributed by atoms with Crippen molar-refractivity contribution in [2.24, 2.45) is 5.92 Å². The quantitative estimate of drug-likeness (QED) is 0.663. The highest BCUT2D eigenvalue weighted by molar-refractivity contribution is 5.79. The lowest BCUT2D eigenvalue weighted by atomic mass is 9.99. The third-order valence-corrected chi connectivity index (χ3v) is 6.49. The minimum Gasteiger partial charge on any atom is -0.490 e. The molecule has 5 rings (SSSR count). The van der Waals surface area contributed by atoms with Gasteiger partial charge in [0.2, 0.25) is 5.91 Å². The molecule has 7 nitrogen and oxygen atoms in total. The summed E-state index contributed by atoms with van der Waals surface area (Å²) in [7, 11) is 0. The summed E-state index contributed by atoms with van der Waals surface area (Å²) in [6.07, 6.45) is -0.150. The van der Waals surface area contributed by atoms with E-state index >= 15 is 0 Å². The van der Waals surface area contributed by atoms with Crippen LogP contribution in [-0.2, 0) is 15.7 Å². The summed E-state index contributed by atoms with van der Waals surface area (Å²) in [5.74, 6) is 1.33. The third kappa shape index (κ3) is 4.77. The van der Waals surface area contributed by atoms with Crippen molar-refractivity contribution in [3.05, 3.63) is 42.2 Å². The zero-order valence-corrected chi connectivity index (χ0v) is 18.6. The highest BCUT2D eigenvalue weighted by Gasteiger charge is 2.34. The minimum atomic E-state index is -4.47. The number of ether oxygens (including phenoxy) is 3. The topological polar surface area (TPSA) is 64.1 Å². The van der Waals surface area contributed by atoms with E-state index in [1.54, 1.807) is 23.1 Å². The van der Waals surface area contributed by atoms with Crippen LogP contribution in [0.15, 0.2) is 36.7 Å². The highest BCUT2D eigenvalue weighted by Crippen LogP contribution is 2.40. The monoisotopic (exact) mass is 477 g/mol. The molecule has 4 heterocycles. The summed E-state index contributed by atoms with van der Waals surface area (Å²) in [5, 5.41) is 0. The first kappa shape index (κ1) is 22.8. The van der Waals surface area contributed by atoms with Gasteiger partial charge in [-0.25, -0.2) is 0 Å². The normalized spacial score (nSPS) is 21.2. The SMILES string of the molecule is O=C(C1CCOCC1)N1CC[C@H](Oc2ccc3c(c2)N(c2cncc(C(F)(F)F)c2)CCO3)C1. The molecule has 2 fully saturated rings. The Labute approximate surface area is 195 Å². The number of likely N-dealkylation sites (tertiary alicyclic amines) is 1. The molecule has 0 spiro atoms. The summed E-state index contributed by atoms with van der Waals surface area (Å²) in [6.45, 7) is 3.14. The second-order valence-corrected chi connectivity index (χ2v) is 8.76. The summed E-state index contributed by atoms with van der Waals surface area (Å²) in [4.78, 5) is 20.2. The van der Waals surface area contributed by atoms with Crippen molar-refractivity contribution in [1.82, 2.24) is 9.88 Å². The molecule has 34 heavy (non-hydrogen) atoms. The number of nitrogens with zero attached hydrogens (tertiary/aromatic N) is 3. The first-order chi connectivity index (χ1) is 16.4. The van der Waals surface area contributed by atoms with Gasteiger partial charge in [0.15, 0.2) is 0 Å². The van der Waals surface area contributed by atoms with E-state index in [4.69, 9.17) is 14.2 Å². The average Bonchev–Trinajstić information content (AvgIpc) is 3.31. The molecule has 0 aliphatic carbocycles. The fraction of sp³-hybridized carbons (Fsp3) is 0.500. The van der Waals surface area contributed by atoms with Gasteiger partial charge in [0, 0.05) is 44.4 Å². The van der Waals surface area contributed by atoms with Gasteiger partial charge in [0.1, 0.15) is 24.2 Å². The van der Waals surface area contributed by atoms with Gasteiger partial charge in [-0.15, -0.1) is 0 Å². The molecule has 1 amide bonds. The van der Waals surface area contributed by atoms with Crippen LogP contribution in [0.1, 0.15) is 24.8 Å². The predicted octanol–water partition coefficient (Wildman–Crippen LogP) is 4.04. The predicted molar refractivity (Wildman–Crippen MR) is 117 cm³/mol. The Kier molecular flexibility index (Phi) is 6.24. The van der Waals surface area contributed by atoms with Crippen LogP contribution in [0.2, 0.25) is 0 Å². The molecule has 2 aromatic rings. The van der Waals surface area contributed by atoms with Crippen molar-refractivity contribution in [3.8, 4) is 11.5 Å². The van der Waals surface area contributed by atoms with Crippen molar-refractivity contribution < 1.29 is 32.2 Å². The Morgan fingerprint density at radius 2 is 1.88 bits per heavy atom. The number of benzene rings is 1. The summed E-state index contributed by atoms with van der Waals surface area (Å²) in [6, 6.07) is 6.41. The number of fused-ring (bicyclic) bond motifs is 1. The van der Waals surface area contributed by atoms with Gasteiger partial charge in [0.25, 0.3) is 0 Å². The molecule has 10 heteroatoms. The third-order valence-electron chi connectivity index (χ3n) is 6.49. The van der Waals surface area contributed by atoms with Gasteiger partial charge in [-0.3, -0.25) is 9.78 Å². The summed E-state index contributed by atoms with van der Waals surface area (Å²) >= 11 is 0. The fourth-order valence-corrected chi connectivity index (χ4v) is 4.69. The van der Waals surface area contributed by atoms with E-state index in [0.29, 0.717) is 62.3 Å². The first-order valence-electron chi connectivity index (χ1n) is 11.5. The van der Waals surface area contributed by atoms with E-state index in [9.17, 15) is 18.0 Å². The number of anilines is 2. The average molecular weight is 477 g/mol. The van der Waals surface area contributed by atoms with Gasteiger partial charge in [-0.05, 0) is 31.0 Å². The molecular formula is C24H26F3N3O4. The number of halogens is 3. The molecular weight excluding hydrogens is 451 g/mol. The van der Waals surface area contributed by atoms with E-state index in [0.717, 1.165) is 31.5 Å². The number of carbonyl (C=O) groups is 1. The Morgan fingerprint density at radius 1 is 1.06 bits per heavy atom. The number of pyridine rings is 1. The summed E-state index contributed by atoms with van der Waals surface area (Å²) < 4.78 is 56.8. The van der Waals surface area contributed by atoms with Crippen molar-refractivity contribution in [1.29, 1.82) is 0 Å². The molecule has 0 unspecified atom stereocenters. The lowest BCUT2D eigenvalue weighted by molar-refractivity contribution is -0.138. The van der Waals surface area contributed by atoms with Crippen molar-refractivity contribution in [3.63, 3.8) is 0 Å². The zero-order valence-electron chi connectivity index (χ0n) is 18.6. The van der Waals surface area contributed by atoms with E-state index in [-0.39, 0.29) is 17.9 Å². The summed E-state index contributed by atoms with van der Waals surface area (Å²) in [5.41, 5.74) is 0.161.